The molecule has 21 heavy (non-hydrogen) atoms. The van der Waals surface area contributed by atoms with Crippen molar-refractivity contribution in [3.63, 3.8) is 0 Å². The summed E-state index contributed by atoms with van der Waals surface area (Å²) >= 11 is 3.52. The minimum atomic E-state index is 0.929. The summed E-state index contributed by atoms with van der Waals surface area (Å²) in [6.45, 7) is 3.28. The monoisotopic (exact) mass is 345 g/mol. The van der Waals surface area contributed by atoms with Crippen LogP contribution < -0.4 is 9.64 Å². The van der Waals surface area contributed by atoms with Crippen molar-refractivity contribution in [3.05, 3.63) is 46.9 Å². The highest BCUT2D eigenvalue weighted by molar-refractivity contribution is 9.10. The number of nitrogens with zero attached hydrogens (tertiary/aromatic N) is 1. The molecule has 3 heteroatoms. The van der Waals surface area contributed by atoms with E-state index in [1.54, 1.807) is 0 Å². The summed E-state index contributed by atoms with van der Waals surface area (Å²) in [6.07, 6.45) is 5.06. The van der Waals surface area contributed by atoms with Crippen molar-refractivity contribution in [1.82, 2.24) is 0 Å². The number of hydrogen-bond acceptors (Lipinski definition) is 2. The van der Waals surface area contributed by atoms with Crippen molar-refractivity contribution < 1.29 is 4.74 Å². The zero-order valence-electron chi connectivity index (χ0n) is 12.3. The van der Waals surface area contributed by atoms with Gasteiger partial charge in [-0.25, -0.2) is 0 Å². The van der Waals surface area contributed by atoms with E-state index >= 15 is 0 Å². The molecule has 1 aliphatic heterocycles. The topological polar surface area (TPSA) is 12.5 Å². The van der Waals surface area contributed by atoms with Gasteiger partial charge in [-0.3, -0.25) is 0 Å². The molecule has 2 aromatic carbocycles. The summed E-state index contributed by atoms with van der Waals surface area (Å²) in [6, 6.07) is 14.5. The van der Waals surface area contributed by atoms with Crippen LogP contribution in [0.3, 0.4) is 0 Å². The Labute approximate surface area is 134 Å². The quantitative estimate of drug-likeness (QED) is 0.591. The highest BCUT2D eigenvalue weighted by atomic mass is 79.9. The van der Waals surface area contributed by atoms with Crippen molar-refractivity contribution in [2.24, 2.45) is 0 Å². The Hall–Kier alpha value is -1.48. The van der Waals surface area contributed by atoms with Crippen molar-refractivity contribution in [1.29, 1.82) is 0 Å². The Morgan fingerprint density at radius 2 is 1.76 bits per heavy atom. The minimum Gasteiger partial charge on any atom is -0.453 e. The van der Waals surface area contributed by atoms with E-state index in [-0.39, 0.29) is 0 Å². The van der Waals surface area contributed by atoms with Gasteiger partial charge in [0.1, 0.15) is 0 Å². The molecule has 0 aromatic heterocycles. The number of halogens is 1. The second-order valence-corrected chi connectivity index (χ2v) is 6.31. The molecule has 2 aromatic rings. The zero-order chi connectivity index (χ0) is 14.7. The normalized spacial score (nSPS) is 12.6. The van der Waals surface area contributed by atoms with Crippen LogP contribution >= 0.6 is 15.9 Å². The van der Waals surface area contributed by atoms with E-state index in [9.17, 15) is 0 Å². The molecule has 3 rings (SSSR count). The third-order valence-electron chi connectivity index (χ3n) is 3.82. The van der Waals surface area contributed by atoms with Crippen LogP contribution in [-0.4, -0.2) is 6.54 Å². The third-order valence-corrected chi connectivity index (χ3v) is 4.32. The average Bonchev–Trinajstić information content (AvgIpc) is 2.50. The molecule has 0 aliphatic carbocycles. The number of ether oxygens (including phenoxy) is 1. The van der Waals surface area contributed by atoms with E-state index in [4.69, 9.17) is 4.74 Å². The third kappa shape index (κ3) is 3.08. The van der Waals surface area contributed by atoms with Crippen LogP contribution in [0.15, 0.2) is 46.9 Å². The van der Waals surface area contributed by atoms with E-state index in [0.29, 0.717) is 0 Å². The fourth-order valence-corrected chi connectivity index (χ4v) is 3.09. The number of hydrogen-bond donors (Lipinski definition) is 0. The second kappa shape index (κ2) is 6.52. The van der Waals surface area contributed by atoms with Crippen LogP contribution in [0.5, 0.6) is 11.5 Å². The fourth-order valence-electron chi connectivity index (χ4n) is 2.74. The van der Waals surface area contributed by atoms with E-state index in [2.05, 4.69) is 52.0 Å². The minimum absolute atomic E-state index is 0.929. The molecule has 0 spiro atoms. The first-order chi connectivity index (χ1) is 10.3. The SMILES string of the molecule is CCCCCCN1c2ccccc2Oc2cc(Br)ccc21. The molecule has 0 amide bonds. The van der Waals surface area contributed by atoms with Gasteiger partial charge in [0, 0.05) is 11.0 Å². The van der Waals surface area contributed by atoms with Crippen molar-refractivity contribution in [2.45, 2.75) is 32.6 Å². The Morgan fingerprint density at radius 1 is 0.952 bits per heavy atom. The molecular weight excluding hydrogens is 326 g/mol. The molecule has 0 saturated carbocycles. The Morgan fingerprint density at radius 3 is 2.62 bits per heavy atom. The molecule has 0 radical (unpaired) electrons. The maximum atomic E-state index is 6.04. The summed E-state index contributed by atoms with van der Waals surface area (Å²) in [5.74, 6) is 1.87. The van der Waals surface area contributed by atoms with E-state index < -0.39 is 0 Å². The molecule has 110 valence electrons. The van der Waals surface area contributed by atoms with Crippen LogP contribution in [0, 0.1) is 0 Å². The number of para-hydroxylation sites is 2. The summed E-state index contributed by atoms with van der Waals surface area (Å²) in [5, 5.41) is 0. The van der Waals surface area contributed by atoms with Gasteiger partial charge >= 0.3 is 0 Å². The number of benzene rings is 2. The predicted molar refractivity (Wildman–Crippen MR) is 91.8 cm³/mol. The van der Waals surface area contributed by atoms with Crippen molar-refractivity contribution in [2.75, 3.05) is 11.4 Å². The lowest BCUT2D eigenvalue weighted by Crippen LogP contribution is -2.22. The van der Waals surface area contributed by atoms with Crippen LogP contribution in [-0.2, 0) is 0 Å². The molecule has 2 nitrogen and oxygen atoms in total. The van der Waals surface area contributed by atoms with Gasteiger partial charge in [0.2, 0.25) is 0 Å². The predicted octanol–water partition coefficient (Wildman–Crippen LogP) is 6.27. The average molecular weight is 346 g/mol. The zero-order valence-corrected chi connectivity index (χ0v) is 13.9. The summed E-state index contributed by atoms with van der Waals surface area (Å²) in [4.78, 5) is 2.39. The van der Waals surface area contributed by atoms with Gasteiger partial charge in [-0.15, -0.1) is 0 Å². The van der Waals surface area contributed by atoms with E-state index in [0.717, 1.165) is 28.2 Å². The smallest absolute Gasteiger partial charge is 0.152 e. The molecule has 0 N–H and O–H groups in total. The molecule has 0 unspecified atom stereocenters. The number of anilines is 2. The summed E-state index contributed by atoms with van der Waals surface area (Å²) < 4.78 is 7.09. The van der Waals surface area contributed by atoms with Crippen molar-refractivity contribution >= 4 is 27.3 Å². The Balaban J connectivity index is 1.90. The Kier molecular flexibility index (Phi) is 4.49. The van der Waals surface area contributed by atoms with Crippen LogP contribution in [0.4, 0.5) is 11.4 Å². The molecular formula is C18H20BrNO. The van der Waals surface area contributed by atoms with Crippen molar-refractivity contribution in [3.8, 4) is 11.5 Å². The maximum absolute atomic E-state index is 6.04. The summed E-state index contributed by atoms with van der Waals surface area (Å²) in [5.41, 5.74) is 2.33. The van der Waals surface area contributed by atoms with Crippen LogP contribution in [0.25, 0.3) is 0 Å². The second-order valence-electron chi connectivity index (χ2n) is 5.39. The molecule has 1 aliphatic rings. The Bertz CT molecular complexity index is 626. The number of fused-ring (bicyclic) bond motifs is 2. The van der Waals surface area contributed by atoms with Gasteiger partial charge in [-0.05, 0) is 36.8 Å². The number of unbranched alkanes of at least 4 members (excludes halogenated alkanes) is 3. The fraction of sp³-hybridized carbons (Fsp3) is 0.333. The van der Waals surface area contributed by atoms with Gasteiger partial charge in [-0.1, -0.05) is 54.2 Å². The standard InChI is InChI=1S/C18H20BrNO/c1-2-3-4-7-12-20-15-8-5-6-9-17(15)21-18-13-14(19)10-11-16(18)20/h5-6,8-11,13H,2-4,7,12H2,1H3. The highest BCUT2D eigenvalue weighted by Crippen LogP contribution is 2.47. The van der Waals surface area contributed by atoms with Gasteiger partial charge in [0.15, 0.2) is 11.5 Å². The maximum Gasteiger partial charge on any atom is 0.152 e. The molecule has 1 heterocycles. The van der Waals surface area contributed by atoms with Gasteiger partial charge in [-0.2, -0.15) is 0 Å². The van der Waals surface area contributed by atoms with Gasteiger partial charge < -0.3 is 9.64 Å². The van der Waals surface area contributed by atoms with Crippen LogP contribution in [0.2, 0.25) is 0 Å². The first kappa shape index (κ1) is 14.5. The molecule has 0 saturated heterocycles. The lowest BCUT2D eigenvalue weighted by Gasteiger charge is -2.33. The lowest BCUT2D eigenvalue weighted by molar-refractivity contribution is 0.471. The molecule has 0 atom stereocenters. The highest BCUT2D eigenvalue weighted by Gasteiger charge is 2.23. The largest absolute Gasteiger partial charge is 0.453 e. The molecule has 0 fully saturated rings. The van der Waals surface area contributed by atoms with E-state index in [1.807, 2.05) is 18.2 Å². The molecule has 0 bridgehead atoms. The lowest BCUT2D eigenvalue weighted by atomic mass is 10.1. The first-order valence-corrected chi connectivity index (χ1v) is 8.43. The van der Waals surface area contributed by atoms with Gasteiger partial charge in [0.05, 0.1) is 11.4 Å². The van der Waals surface area contributed by atoms with E-state index in [1.165, 1.54) is 31.4 Å². The van der Waals surface area contributed by atoms with Gasteiger partial charge in [0.25, 0.3) is 0 Å². The number of rotatable bonds is 5. The van der Waals surface area contributed by atoms with Crippen LogP contribution in [0.1, 0.15) is 32.6 Å². The first-order valence-electron chi connectivity index (χ1n) is 7.63. The summed E-state index contributed by atoms with van der Waals surface area (Å²) in [7, 11) is 0.